The molecule has 6 heteroatoms. The number of halogens is 1. The molecule has 21 heavy (non-hydrogen) atoms. The maximum Gasteiger partial charge on any atom is 0.225 e. The lowest BCUT2D eigenvalue weighted by molar-refractivity contribution is 0.381. The monoisotopic (exact) mass is 322 g/mol. The zero-order valence-electron chi connectivity index (χ0n) is 12.0. The van der Waals surface area contributed by atoms with Gasteiger partial charge in [0.25, 0.3) is 0 Å². The van der Waals surface area contributed by atoms with Gasteiger partial charge in [-0.15, -0.1) is 11.3 Å². The number of piperidine rings is 1. The summed E-state index contributed by atoms with van der Waals surface area (Å²) in [5, 5.41) is 3.70. The predicted octanol–water partition coefficient (Wildman–Crippen LogP) is 3.51. The second-order valence-corrected chi connectivity index (χ2v) is 7.09. The van der Waals surface area contributed by atoms with E-state index in [1.165, 1.54) is 4.88 Å². The summed E-state index contributed by atoms with van der Waals surface area (Å²) < 4.78 is 0.856. The molecule has 1 aliphatic heterocycles. The van der Waals surface area contributed by atoms with Crippen molar-refractivity contribution in [2.75, 3.05) is 18.0 Å². The SMILES string of the molecule is CC(NC1CCN(c2ncccn2)CC1)c1ccc(Cl)s1. The Bertz CT molecular complexity index is 566. The number of nitrogens with zero attached hydrogens (tertiary/aromatic N) is 3. The Morgan fingerprint density at radius 3 is 2.62 bits per heavy atom. The number of thiophene rings is 1. The van der Waals surface area contributed by atoms with Gasteiger partial charge in [-0.1, -0.05) is 11.6 Å². The molecule has 1 unspecified atom stereocenters. The summed E-state index contributed by atoms with van der Waals surface area (Å²) >= 11 is 7.66. The van der Waals surface area contributed by atoms with Crippen LogP contribution < -0.4 is 10.2 Å². The molecule has 1 N–H and O–H groups in total. The van der Waals surface area contributed by atoms with Gasteiger partial charge in [0.05, 0.1) is 4.34 Å². The summed E-state index contributed by atoms with van der Waals surface area (Å²) in [6, 6.07) is 6.83. The van der Waals surface area contributed by atoms with Crippen LogP contribution in [0.1, 0.15) is 30.7 Å². The standard InChI is InChI=1S/C15H19ClN4S/c1-11(13-3-4-14(16)21-13)19-12-5-9-20(10-6-12)15-17-7-2-8-18-15/h2-4,7-8,11-12,19H,5-6,9-10H2,1H3. The first-order valence-electron chi connectivity index (χ1n) is 7.25. The third-order valence-corrected chi connectivity index (χ3v) is 5.25. The maximum absolute atomic E-state index is 6.00. The van der Waals surface area contributed by atoms with E-state index >= 15 is 0 Å². The normalized spacial score (nSPS) is 17.9. The van der Waals surface area contributed by atoms with Gasteiger partial charge in [0.2, 0.25) is 5.95 Å². The summed E-state index contributed by atoms with van der Waals surface area (Å²) in [5.41, 5.74) is 0. The van der Waals surface area contributed by atoms with Crippen LogP contribution in [0.2, 0.25) is 4.34 Å². The van der Waals surface area contributed by atoms with Crippen LogP contribution in [0.3, 0.4) is 0 Å². The second kappa shape index (κ2) is 6.73. The molecule has 4 nitrogen and oxygen atoms in total. The molecule has 3 heterocycles. The summed E-state index contributed by atoms with van der Waals surface area (Å²) in [5.74, 6) is 0.842. The average Bonchev–Trinajstić information content (AvgIpc) is 2.96. The molecule has 0 spiro atoms. The van der Waals surface area contributed by atoms with E-state index in [4.69, 9.17) is 11.6 Å². The van der Waals surface area contributed by atoms with Crippen LogP contribution in [-0.2, 0) is 0 Å². The lowest BCUT2D eigenvalue weighted by atomic mass is 10.0. The molecule has 0 amide bonds. The molecule has 3 rings (SSSR count). The molecule has 0 aromatic carbocycles. The molecule has 2 aromatic heterocycles. The summed E-state index contributed by atoms with van der Waals surface area (Å²) in [6.45, 7) is 4.20. The van der Waals surface area contributed by atoms with Crippen LogP contribution in [0.5, 0.6) is 0 Å². The predicted molar refractivity (Wildman–Crippen MR) is 88.1 cm³/mol. The van der Waals surface area contributed by atoms with Gasteiger partial charge in [0.1, 0.15) is 0 Å². The van der Waals surface area contributed by atoms with Crippen molar-refractivity contribution in [1.29, 1.82) is 0 Å². The topological polar surface area (TPSA) is 41.0 Å². The van der Waals surface area contributed by atoms with Gasteiger partial charge >= 0.3 is 0 Å². The second-order valence-electron chi connectivity index (χ2n) is 5.34. The third kappa shape index (κ3) is 3.73. The van der Waals surface area contributed by atoms with E-state index in [-0.39, 0.29) is 0 Å². The highest BCUT2D eigenvalue weighted by Gasteiger charge is 2.22. The number of nitrogens with one attached hydrogen (secondary N) is 1. The zero-order valence-corrected chi connectivity index (χ0v) is 13.6. The van der Waals surface area contributed by atoms with Crippen LogP contribution in [0.25, 0.3) is 0 Å². The Balaban J connectivity index is 1.52. The quantitative estimate of drug-likeness (QED) is 0.935. The highest BCUT2D eigenvalue weighted by Crippen LogP contribution is 2.27. The minimum Gasteiger partial charge on any atom is -0.341 e. The minimum atomic E-state index is 0.354. The molecule has 1 aliphatic rings. The van der Waals surface area contributed by atoms with Crippen molar-refractivity contribution in [2.24, 2.45) is 0 Å². The Hall–Kier alpha value is -1.17. The fourth-order valence-corrected chi connectivity index (χ4v) is 3.77. The Morgan fingerprint density at radius 1 is 1.29 bits per heavy atom. The fourth-order valence-electron chi connectivity index (χ4n) is 2.70. The molecule has 112 valence electrons. The van der Waals surface area contributed by atoms with Crippen molar-refractivity contribution >= 4 is 28.9 Å². The van der Waals surface area contributed by atoms with Crippen LogP contribution in [0, 0.1) is 0 Å². The van der Waals surface area contributed by atoms with Gasteiger partial charge in [-0.05, 0) is 38.0 Å². The number of aromatic nitrogens is 2. The number of hydrogen-bond donors (Lipinski definition) is 1. The first-order chi connectivity index (χ1) is 10.2. The van der Waals surface area contributed by atoms with Crippen molar-refractivity contribution in [3.8, 4) is 0 Å². The van der Waals surface area contributed by atoms with Crippen LogP contribution in [-0.4, -0.2) is 29.1 Å². The van der Waals surface area contributed by atoms with E-state index in [1.54, 1.807) is 23.7 Å². The largest absolute Gasteiger partial charge is 0.341 e. The van der Waals surface area contributed by atoms with Crippen LogP contribution >= 0.6 is 22.9 Å². The van der Waals surface area contributed by atoms with Gasteiger partial charge in [-0.2, -0.15) is 0 Å². The van der Waals surface area contributed by atoms with Crippen LogP contribution in [0.15, 0.2) is 30.6 Å². The van der Waals surface area contributed by atoms with Gasteiger partial charge in [-0.3, -0.25) is 0 Å². The van der Waals surface area contributed by atoms with Crippen molar-refractivity contribution in [1.82, 2.24) is 15.3 Å². The van der Waals surface area contributed by atoms with E-state index in [9.17, 15) is 0 Å². The molecular formula is C15H19ClN4S. The minimum absolute atomic E-state index is 0.354. The lowest BCUT2D eigenvalue weighted by Crippen LogP contribution is -2.43. The van der Waals surface area contributed by atoms with Crippen molar-refractivity contribution in [2.45, 2.75) is 31.8 Å². The summed E-state index contributed by atoms with van der Waals surface area (Å²) in [6.07, 6.45) is 5.83. The summed E-state index contributed by atoms with van der Waals surface area (Å²) in [4.78, 5) is 12.2. The fraction of sp³-hybridized carbons (Fsp3) is 0.467. The van der Waals surface area contributed by atoms with E-state index in [0.29, 0.717) is 12.1 Å². The third-order valence-electron chi connectivity index (χ3n) is 3.84. The molecular weight excluding hydrogens is 304 g/mol. The molecule has 0 saturated carbocycles. The first kappa shape index (κ1) is 14.8. The summed E-state index contributed by atoms with van der Waals surface area (Å²) in [7, 11) is 0. The van der Waals surface area contributed by atoms with Gasteiger partial charge in [0, 0.05) is 42.4 Å². The number of rotatable bonds is 4. The van der Waals surface area contributed by atoms with Crippen LogP contribution in [0.4, 0.5) is 5.95 Å². The smallest absolute Gasteiger partial charge is 0.225 e. The molecule has 2 aromatic rings. The molecule has 1 saturated heterocycles. The molecule has 0 bridgehead atoms. The molecule has 1 fully saturated rings. The van der Waals surface area contributed by atoms with Crippen molar-refractivity contribution in [3.05, 3.63) is 39.8 Å². The van der Waals surface area contributed by atoms with Crippen molar-refractivity contribution in [3.63, 3.8) is 0 Å². The van der Waals surface area contributed by atoms with Gasteiger partial charge in [-0.25, -0.2) is 9.97 Å². The Kier molecular flexibility index (Phi) is 4.73. The Labute approximate surface area is 134 Å². The van der Waals surface area contributed by atoms with E-state index in [1.807, 2.05) is 12.1 Å². The van der Waals surface area contributed by atoms with E-state index < -0.39 is 0 Å². The number of hydrogen-bond acceptors (Lipinski definition) is 5. The number of anilines is 1. The zero-order chi connectivity index (χ0) is 14.7. The first-order valence-corrected chi connectivity index (χ1v) is 8.45. The van der Waals surface area contributed by atoms with Crippen molar-refractivity contribution < 1.29 is 0 Å². The molecule has 1 atom stereocenters. The average molecular weight is 323 g/mol. The maximum atomic E-state index is 6.00. The van der Waals surface area contributed by atoms with Gasteiger partial charge < -0.3 is 10.2 Å². The molecule has 0 radical (unpaired) electrons. The van der Waals surface area contributed by atoms with E-state index in [2.05, 4.69) is 33.2 Å². The lowest BCUT2D eigenvalue weighted by Gasteiger charge is -2.33. The Morgan fingerprint density at radius 2 is 2.00 bits per heavy atom. The highest BCUT2D eigenvalue weighted by atomic mass is 35.5. The molecule has 0 aliphatic carbocycles. The highest BCUT2D eigenvalue weighted by molar-refractivity contribution is 7.16. The van der Waals surface area contributed by atoms with E-state index in [0.717, 1.165) is 36.2 Å². The van der Waals surface area contributed by atoms with Gasteiger partial charge in [0.15, 0.2) is 0 Å².